The lowest BCUT2D eigenvalue weighted by Crippen LogP contribution is -2.10. The highest BCUT2D eigenvalue weighted by molar-refractivity contribution is 5.43. The van der Waals surface area contributed by atoms with Crippen LogP contribution in [0.4, 0.5) is 0 Å². The number of imidazole rings is 1. The predicted molar refractivity (Wildman–Crippen MR) is 63.8 cm³/mol. The summed E-state index contributed by atoms with van der Waals surface area (Å²) in [4.78, 5) is 4.52. The maximum absolute atomic E-state index is 5.46. The summed E-state index contributed by atoms with van der Waals surface area (Å²) < 4.78 is 7.45. The molecule has 0 unspecified atom stereocenters. The van der Waals surface area contributed by atoms with Crippen molar-refractivity contribution in [2.24, 2.45) is 5.73 Å². The van der Waals surface area contributed by atoms with Crippen molar-refractivity contribution in [3.05, 3.63) is 30.2 Å². The number of pyridine rings is 1. The first kappa shape index (κ1) is 11.0. The molecule has 2 rings (SSSR count). The molecule has 4 heteroatoms. The molecule has 0 spiro atoms. The lowest BCUT2D eigenvalue weighted by Gasteiger charge is -2.03. The van der Waals surface area contributed by atoms with Crippen LogP contribution in [0.2, 0.25) is 0 Å². The molecule has 0 aromatic carbocycles. The maximum atomic E-state index is 5.46. The van der Waals surface area contributed by atoms with E-state index in [1.165, 1.54) is 0 Å². The third-order valence-corrected chi connectivity index (χ3v) is 2.42. The SMILES string of the molecule is CC(C)c1cn2cc(OCCN)ccc2n1. The van der Waals surface area contributed by atoms with E-state index in [0.29, 0.717) is 19.1 Å². The van der Waals surface area contributed by atoms with Gasteiger partial charge in [-0.3, -0.25) is 0 Å². The van der Waals surface area contributed by atoms with E-state index in [9.17, 15) is 0 Å². The van der Waals surface area contributed by atoms with Gasteiger partial charge in [0.2, 0.25) is 0 Å². The molecule has 86 valence electrons. The Morgan fingerprint density at radius 3 is 2.88 bits per heavy atom. The van der Waals surface area contributed by atoms with Crippen molar-refractivity contribution in [2.75, 3.05) is 13.2 Å². The summed E-state index contributed by atoms with van der Waals surface area (Å²) in [5.41, 5.74) is 7.43. The average molecular weight is 219 g/mol. The van der Waals surface area contributed by atoms with E-state index in [-0.39, 0.29) is 0 Å². The minimum absolute atomic E-state index is 0.438. The fourth-order valence-electron chi connectivity index (χ4n) is 1.53. The van der Waals surface area contributed by atoms with Gasteiger partial charge in [-0.1, -0.05) is 13.8 Å². The smallest absolute Gasteiger partial charge is 0.137 e. The highest BCUT2D eigenvalue weighted by atomic mass is 16.5. The molecule has 0 amide bonds. The average Bonchev–Trinajstić information content (AvgIpc) is 2.69. The third kappa shape index (κ3) is 2.17. The molecule has 0 aliphatic carbocycles. The van der Waals surface area contributed by atoms with Gasteiger partial charge in [0.25, 0.3) is 0 Å². The fraction of sp³-hybridized carbons (Fsp3) is 0.417. The van der Waals surface area contributed by atoms with Crippen LogP contribution in [-0.2, 0) is 0 Å². The Balaban J connectivity index is 2.30. The van der Waals surface area contributed by atoms with Gasteiger partial charge < -0.3 is 14.9 Å². The predicted octanol–water partition coefficient (Wildman–Crippen LogP) is 1.80. The zero-order valence-electron chi connectivity index (χ0n) is 9.68. The summed E-state index contributed by atoms with van der Waals surface area (Å²) in [5.74, 6) is 1.26. The monoisotopic (exact) mass is 219 g/mol. The van der Waals surface area contributed by atoms with Gasteiger partial charge >= 0.3 is 0 Å². The number of hydrogen-bond acceptors (Lipinski definition) is 3. The van der Waals surface area contributed by atoms with Gasteiger partial charge in [0.1, 0.15) is 18.0 Å². The molecule has 0 saturated heterocycles. The van der Waals surface area contributed by atoms with Gasteiger partial charge in [0.05, 0.1) is 11.9 Å². The summed E-state index contributed by atoms with van der Waals surface area (Å²) in [6.45, 7) is 5.33. The van der Waals surface area contributed by atoms with Crippen molar-refractivity contribution in [3.63, 3.8) is 0 Å². The Bertz CT molecular complexity index is 476. The molecule has 2 heterocycles. The summed E-state index contributed by atoms with van der Waals surface area (Å²) in [6.07, 6.45) is 3.97. The van der Waals surface area contributed by atoms with Crippen LogP contribution in [0.1, 0.15) is 25.5 Å². The Hall–Kier alpha value is -1.55. The van der Waals surface area contributed by atoms with E-state index in [4.69, 9.17) is 10.5 Å². The Morgan fingerprint density at radius 1 is 1.38 bits per heavy atom. The molecule has 2 aromatic rings. The van der Waals surface area contributed by atoms with Gasteiger partial charge in [0.15, 0.2) is 0 Å². The van der Waals surface area contributed by atoms with Gasteiger partial charge in [-0.25, -0.2) is 4.98 Å². The van der Waals surface area contributed by atoms with Crippen molar-refractivity contribution < 1.29 is 4.74 Å². The number of nitrogens with zero attached hydrogens (tertiary/aromatic N) is 2. The quantitative estimate of drug-likeness (QED) is 0.853. The molecule has 0 fully saturated rings. The second-order valence-corrected chi connectivity index (χ2v) is 4.09. The first-order valence-electron chi connectivity index (χ1n) is 5.52. The van der Waals surface area contributed by atoms with Crippen molar-refractivity contribution in [1.82, 2.24) is 9.38 Å². The zero-order chi connectivity index (χ0) is 11.5. The third-order valence-electron chi connectivity index (χ3n) is 2.42. The van der Waals surface area contributed by atoms with Crippen LogP contribution in [0, 0.1) is 0 Å². The maximum Gasteiger partial charge on any atom is 0.137 e. The van der Waals surface area contributed by atoms with E-state index in [1.807, 2.05) is 28.9 Å². The van der Waals surface area contributed by atoms with Crippen molar-refractivity contribution in [3.8, 4) is 5.75 Å². The lowest BCUT2D eigenvalue weighted by atomic mass is 10.2. The Morgan fingerprint density at radius 2 is 2.19 bits per heavy atom. The molecule has 0 radical (unpaired) electrons. The number of ether oxygens (including phenoxy) is 1. The largest absolute Gasteiger partial charge is 0.491 e. The summed E-state index contributed by atoms with van der Waals surface area (Å²) in [6, 6.07) is 3.87. The minimum atomic E-state index is 0.438. The van der Waals surface area contributed by atoms with Crippen LogP contribution in [0.3, 0.4) is 0 Å². The molecule has 2 N–H and O–H groups in total. The highest BCUT2D eigenvalue weighted by Crippen LogP contribution is 2.17. The van der Waals surface area contributed by atoms with Crippen LogP contribution in [0.5, 0.6) is 5.75 Å². The molecule has 0 atom stereocenters. The second-order valence-electron chi connectivity index (χ2n) is 4.09. The minimum Gasteiger partial charge on any atom is -0.491 e. The molecule has 0 saturated carbocycles. The van der Waals surface area contributed by atoms with Crippen molar-refractivity contribution in [2.45, 2.75) is 19.8 Å². The Kier molecular flexibility index (Phi) is 3.10. The van der Waals surface area contributed by atoms with Crippen LogP contribution >= 0.6 is 0 Å². The van der Waals surface area contributed by atoms with Crippen molar-refractivity contribution in [1.29, 1.82) is 0 Å². The van der Waals surface area contributed by atoms with Gasteiger partial charge in [-0.15, -0.1) is 0 Å². The van der Waals surface area contributed by atoms with E-state index >= 15 is 0 Å². The normalized spacial score (nSPS) is 11.2. The molecule has 0 aliphatic rings. The molecule has 16 heavy (non-hydrogen) atoms. The van der Waals surface area contributed by atoms with Gasteiger partial charge in [-0.2, -0.15) is 0 Å². The second kappa shape index (κ2) is 4.53. The fourth-order valence-corrected chi connectivity index (χ4v) is 1.53. The molecule has 0 bridgehead atoms. The number of hydrogen-bond donors (Lipinski definition) is 1. The molecular weight excluding hydrogens is 202 g/mol. The number of aromatic nitrogens is 2. The zero-order valence-corrected chi connectivity index (χ0v) is 9.68. The topological polar surface area (TPSA) is 52.5 Å². The summed E-state index contributed by atoms with van der Waals surface area (Å²) >= 11 is 0. The molecular formula is C12H17N3O. The number of nitrogens with two attached hydrogens (primary N) is 1. The molecule has 0 aliphatic heterocycles. The van der Waals surface area contributed by atoms with Crippen LogP contribution < -0.4 is 10.5 Å². The molecule has 2 aromatic heterocycles. The van der Waals surface area contributed by atoms with E-state index in [2.05, 4.69) is 18.8 Å². The molecule has 4 nitrogen and oxygen atoms in total. The summed E-state index contributed by atoms with van der Waals surface area (Å²) in [5, 5.41) is 0. The summed E-state index contributed by atoms with van der Waals surface area (Å²) in [7, 11) is 0. The van der Waals surface area contributed by atoms with Crippen molar-refractivity contribution >= 4 is 5.65 Å². The first-order valence-corrected chi connectivity index (χ1v) is 5.52. The van der Waals surface area contributed by atoms with Crippen LogP contribution in [-0.4, -0.2) is 22.5 Å². The van der Waals surface area contributed by atoms with Gasteiger partial charge in [0, 0.05) is 12.7 Å². The highest BCUT2D eigenvalue weighted by Gasteiger charge is 2.05. The van der Waals surface area contributed by atoms with E-state index in [0.717, 1.165) is 17.1 Å². The van der Waals surface area contributed by atoms with Gasteiger partial charge in [-0.05, 0) is 18.1 Å². The number of rotatable bonds is 4. The standard InChI is InChI=1S/C12H17N3O/c1-9(2)11-8-15-7-10(16-6-5-13)3-4-12(15)14-11/h3-4,7-9H,5-6,13H2,1-2H3. The lowest BCUT2D eigenvalue weighted by molar-refractivity contribution is 0.326. The van der Waals surface area contributed by atoms with E-state index < -0.39 is 0 Å². The Labute approximate surface area is 95.0 Å². The van der Waals surface area contributed by atoms with Crippen LogP contribution in [0.15, 0.2) is 24.5 Å². The van der Waals surface area contributed by atoms with Crippen LogP contribution in [0.25, 0.3) is 5.65 Å². The first-order chi connectivity index (χ1) is 7.70. The van der Waals surface area contributed by atoms with E-state index in [1.54, 1.807) is 0 Å². The number of fused-ring (bicyclic) bond motifs is 1.